The number of likely N-dealkylation sites (tertiary alicyclic amines) is 1. The molecule has 0 spiro atoms. The van der Waals surface area contributed by atoms with Crippen LogP contribution in [0.2, 0.25) is 0 Å². The molecule has 0 aliphatic carbocycles. The van der Waals surface area contributed by atoms with Crippen molar-refractivity contribution in [1.82, 2.24) is 4.90 Å². The largest absolute Gasteiger partial charge is 0.480 e. The van der Waals surface area contributed by atoms with Crippen molar-refractivity contribution in [1.29, 1.82) is 0 Å². The molecule has 4 nitrogen and oxygen atoms in total. The van der Waals surface area contributed by atoms with E-state index in [0.29, 0.717) is 19.5 Å². The maximum Gasteiger partial charge on any atom is 0.323 e. The van der Waals surface area contributed by atoms with Crippen LogP contribution < -0.4 is 0 Å². The summed E-state index contributed by atoms with van der Waals surface area (Å²) in [7, 11) is 0. The molecule has 20 heavy (non-hydrogen) atoms. The second-order valence-electron chi connectivity index (χ2n) is 6.10. The first-order valence-electron chi connectivity index (χ1n) is 7.13. The summed E-state index contributed by atoms with van der Waals surface area (Å²) in [6.07, 6.45) is 2.54. The van der Waals surface area contributed by atoms with E-state index < -0.39 is 17.1 Å². The average molecular weight is 277 g/mol. The van der Waals surface area contributed by atoms with Crippen LogP contribution in [0.4, 0.5) is 0 Å². The first-order chi connectivity index (χ1) is 9.36. The van der Waals surface area contributed by atoms with Gasteiger partial charge < -0.3 is 10.2 Å². The number of hydrogen-bond donors (Lipinski definition) is 2. The van der Waals surface area contributed by atoms with E-state index in [1.54, 1.807) is 13.8 Å². The van der Waals surface area contributed by atoms with E-state index in [2.05, 4.69) is 0 Å². The van der Waals surface area contributed by atoms with Gasteiger partial charge >= 0.3 is 5.97 Å². The predicted octanol–water partition coefficient (Wildman–Crippen LogP) is 2.22. The minimum atomic E-state index is -1.05. The summed E-state index contributed by atoms with van der Waals surface area (Å²) in [5.74, 6) is -0.805. The smallest absolute Gasteiger partial charge is 0.323 e. The van der Waals surface area contributed by atoms with E-state index in [1.807, 2.05) is 35.2 Å². The van der Waals surface area contributed by atoms with Gasteiger partial charge in [-0.25, -0.2) is 0 Å². The van der Waals surface area contributed by atoms with E-state index in [1.165, 1.54) is 0 Å². The molecular weight excluding hydrogens is 254 g/mol. The Morgan fingerprint density at radius 3 is 2.60 bits per heavy atom. The van der Waals surface area contributed by atoms with E-state index in [4.69, 9.17) is 0 Å². The Labute approximate surface area is 120 Å². The highest BCUT2D eigenvalue weighted by Crippen LogP contribution is 2.32. The van der Waals surface area contributed by atoms with Crippen LogP contribution in [0.1, 0.15) is 38.7 Å². The van der Waals surface area contributed by atoms with Crippen molar-refractivity contribution in [3.05, 3.63) is 35.9 Å². The summed E-state index contributed by atoms with van der Waals surface area (Å²) in [6.45, 7) is 4.56. The molecule has 110 valence electrons. The molecule has 1 heterocycles. The molecule has 1 saturated heterocycles. The number of rotatable bonds is 4. The summed E-state index contributed by atoms with van der Waals surface area (Å²) in [6, 6.07) is 9.43. The average Bonchev–Trinajstić information content (AvgIpc) is 2.42. The Bertz CT molecular complexity index is 472. The summed E-state index contributed by atoms with van der Waals surface area (Å²) in [4.78, 5) is 13.5. The van der Waals surface area contributed by atoms with Gasteiger partial charge in [-0.15, -0.1) is 0 Å². The number of nitrogens with zero attached hydrogens (tertiary/aromatic N) is 1. The highest BCUT2D eigenvalue weighted by molar-refractivity contribution is 5.78. The lowest BCUT2D eigenvalue weighted by Gasteiger charge is -2.44. The van der Waals surface area contributed by atoms with Gasteiger partial charge in [0.1, 0.15) is 5.54 Å². The molecule has 0 amide bonds. The van der Waals surface area contributed by atoms with Gasteiger partial charge in [0, 0.05) is 6.54 Å². The van der Waals surface area contributed by atoms with Crippen LogP contribution in [0.5, 0.6) is 0 Å². The SMILES string of the molecule is CC(O)(CN1CCCCC1(C)C(=O)O)c1ccccc1. The van der Waals surface area contributed by atoms with E-state index in [9.17, 15) is 15.0 Å². The fraction of sp³-hybridized carbons (Fsp3) is 0.562. The van der Waals surface area contributed by atoms with E-state index in [-0.39, 0.29) is 0 Å². The van der Waals surface area contributed by atoms with Crippen LogP contribution in [-0.2, 0) is 10.4 Å². The maximum absolute atomic E-state index is 11.6. The van der Waals surface area contributed by atoms with E-state index in [0.717, 1.165) is 18.4 Å². The van der Waals surface area contributed by atoms with Crippen molar-refractivity contribution in [2.24, 2.45) is 0 Å². The minimum Gasteiger partial charge on any atom is -0.480 e. The molecule has 1 fully saturated rings. The Balaban J connectivity index is 2.21. The van der Waals surface area contributed by atoms with Crippen molar-refractivity contribution in [2.45, 2.75) is 44.2 Å². The van der Waals surface area contributed by atoms with Gasteiger partial charge in [0.15, 0.2) is 0 Å². The molecule has 0 radical (unpaired) electrons. The molecule has 1 aliphatic rings. The zero-order valence-corrected chi connectivity index (χ0v) is 12.2. The molecule has 1 aromatic rings. The number of aliphatic carboxylic acids is 1. The van der Waals surface area contributed by atoms with Crippen LogP contribution in [0.25, 0.3) is 0 Å². The van der Waals surface area contributed by atoms with Gasteiger partial charge in [-0.1, -0.05) is 30.3 Å². The van der Waals surface area contributed by atoms with Gasteiger partial charge in [-0.3, -0.25) is 9.69 Å². The quantitative estimate of drug-likeness (QED) is 0.886. The third-order valence-electron chi connectivity index (χ3n) is 4.39. The molecule has 2 atom stereocenters. The predicted molar refractivity (Wildman–Crippen MR) is 77.5 cm³/mol. The standard InChI is InChI=1S/C16H23NO3/c1-15(14(18)19)10-6-7-11-17(15)12-16(2,20)13-8-4-3-5-9-13/h3-5,8-9,20H,6-7,10-12H2,1-2H3,(H,18,19). The summed E-state index contributed by atoms with van der Waals surface area (Å²) in [5.41, 5.74) is -1.11. The molecule has 0 saturated carbocycles. The number of carbonyl (C=O) groups is 1. The Kier molecular flexibility index (Phi) is 4.16. The fourth-order valence-corrected chi connectivity index (χ4v) is 2.93. The summed E-state index contributed by atoms with van der Waals surface area (Å²) >= 11 is 0. The van der Waals surface area contributed by atoms with Gasteiger partial charge in [-0.2, -0.15) is 0 Å². The Hall–Kier alpha value is -1.39. The second kappa shape index (κ2) is 5.54. The third kappa shape index (κ3) is 2.86. The third-order valence-corrected chi connectivity index (χ3v) is 4.39. The zero-order chi connectivity index (χ0) is 14.8. The van der Waals surface area contributed by atoms with Crippen LogP contribution in [0, 0.1) is 0 Å². The lowest BCUT2D eigenvalue weighted by Crippen LogP contribution is -2.58. The topological polar surface area (TPSA) is 60.8 Å². The lowest BCUT2D eigenvalue weighted by molar-refractivity contribution is -0.155. The van der Waals surface area contributed by atoms with Crippen molar-refractivity contribution in [3.8, 4) is 0 Å². The van der Waals surface area contributed by atoms with Crippen LogP contribution >= 0.6 is 0 Å². The Morgan fingerprint density at radius 1 is 1.35 bits per heavy atom. The molecule has 0 aromatic heterocycles. The lowest BCUT2D eigenvalue weighted by atomic mass is 9.85. The molecule has 1 aliphatic heterocycles. The first-order valence-corrected chi connectivity index (χ1v) is 7.13. The summed E-state index contributed by atoms with van der Waals surface area (Å²) in [5, 5.41) is 20.2. The molecule has 2 N–H and O–H groups in total. The van der Waals surface area contributed by atoms with Crippen LogP contribution in [0.15, 0.2) is 30.3 Å². The normalized spacial score (nSPS) is 26.9. The molecular formula is C16H23NO3. The van der Waals surface area contributed by atoms with Crippen molar-refractivity contribution >= 4 is 5.97 Å². The number of aliphatic hydroxyl groups is 1. The van der Waals surface area contributed by atoms with Gasteiger partial charge in [0.2, 0.25) is 0 Å². The highest BCUT2D eigenvalue weighted by atomic mass is 16.4. The Morgan fingerprint density at radius 2 is 2.00 bits per heavy atom. The van der Waals surface area contributed by atoms with Crippen molar-refractivity contribution in [2.75, 3.05) is 13.1 Å². The molecule has 1 aromatic carbocycles. The minimum absolute atomic E-state index is 0.333. The monoisotopic (exact) mass is 277 g/mol. The van der Waals surface area contributed by atoms with Crippen molar-refractivity contribution < 1.29 is 15.0 Å². The summed E-state index contributed by atoms with van der Waals surface area (Å²) < 4.78 is 0. The first kappa shape index (κ1) is 15.0. The molecule has 2 unspecified atom stereocenters. The zero-order valence-electron chi connectivity index (χ0n) is 12.2. The van der Waals surface area contributed by atoms with Gasteiger partial charge in [0.25, 0.3) is 0 Å². The number of piperidine rings is 1. The highest BCUT2D eigenvalue weighted by Gasteiger charge is 2.43. The van der Waals surface area contributed by atoms with Gasteiger partial charge in [-0.05, 0) is 45.2 Å². The van der Waals surface area contributed by atoms with Crippen LogP contribution in [0.3, 0.4) is 0 Å². The van der Waals surface area contributed by atoms with Crippen LogP contribution in [-0.4, -0.2) is 39.7 Å². The number of benzene rings is 1. The van der Waals surface area contributed by atoms with E-state index >= 15 is 0 Å². The second-order valence-corrected chi connectivity index (χ2v) is 6.10. The number of hydrogen-bond acceptors (Lipinski definition) is 3. The number of β-amino-alcohol motifs (C(OH)–C–C–N with tert-alkyl or cyclic N) is 1. The molecule has 4 heteroatoms. The maximum atomic E-state index is 11.6. The van der Waals surface area contributed by atoms with Crippen molar-refractivity contribution in [3.63, 3.8) is 0 Å². The molecule has 2 rings (SSSR count). The molecule has 0 bridgehead atoms. The van der Waals surface area contributed by atoms with Gasteiger partial charge in [0.05, 0.1) is 5.60 Å². The number of carboxylic acid groups (broad SMARTS) is 1. The number of carboxylic acids is 1. The fourth-order valence-electron chi connectivity index (χ4n) is 2.93.